The molecule has 1 N–H and O–H groups in total. The van der Waals surface area contributed by atoms with E-state index in [1.807, 2.05) is 30.3 Å². The van der Waals surface area contributed by atoms with E-state index in [4.69, 9.17) is 16.3 Å². The van der Waals surface area contributed by atoms with E-state index in [9.17, 15) is 4.79 Å². The molecule has 0 saturated carbocycles. The van der Waals surface area contributed by atoms with Gasteiger partial charge in [0, 0.05) is 40.5 Å². The first-order chi connectivity index (χ1) is 15.2. The molecule has 5 nitrogen and oxygen atoms in total. The smallest absolute Gasteiger partial charge is 0.197 e. The molecule has 1 heterocycles. The quantitative estimate of drug-likeness (QED) is 0.331. The van der Waals surface area contributed by atoms with Gasteiger partial charge in [0.05, 0.1) is 17.6 Å². The van der Waals surface area contributed by atoms with Crippen LogP contribution < -0.4 is 15.5 Å². The van der Waals surface area contributed by atoms with Crippen molar-refractivity contribution in [1.29, 1.82) is 0 Å². The highest BCUT2D eigenvalue weighted by molar-refractivity contribution is 6.31. The van der Waals surface area contributed by atoms with E-state index in [0.29, 0.717) is 22.4 Å². The fourth-order valence-corrected chi connectivity index (χ4v) is 4.13. The van der Waals surface area contributed by atoms with Crippen LogP contribution in [0.5, 0.6) is 5.75 Å². The van der Waals surface area contributed by atoms with Gasteiger partial charge >= 0.3 is 0 Å². The van der Waals surface area contributed by atoms with Crippen molar-refractivity contribution in [3.05, 3.63) is 51.6 Å². The van der Waals surface area contributed by atoms with Crippen molar-refractivity contribution in [1.82, 2.24) is 14.8 Å². The van der Waals surface area contributed by atoms with Gasteiger partial charge in [-0.3, -0.25) is 4.79 Å². The maximum Gasteiger partial charge on any atom is 0.197 e. The number of hydrogen-bond acceptors (Lipinski definition) is 4. The molecule has 0 amide bonds. The summed E-state index contributed by atoms with van der Waals surface area (Å²) >= 11 is 6.32. The van der Waals surface area contributed by atoms with Crippen LogP contribution in [0, 0.1) is 0 Å². The standard InChI is InChI=1S/C26H36ClN3O2/c1-6-29(7-2)14-15-30-23-17-19(27)9-11-21(23)25(31)22-12-10-20(18-24(22)30)32-16-8-13-28-26(3,4)5/h9-12,17-18,28H,6-8,13-16H2,1-5H3. The molecule has 0 aliphatic rings. The van der Waals surface area contributed by atoms with Crippen molar-refractivity contribution >= 4 is 33.4 Å². The lowest BCUT2D eigenvalue weighted by Crippen LogP contribution is -2.36. The number of benzene rings is 2. The van der Waals surface area contributed by atoms with E-state index in [2.05, 4.69) is 49.4 Å². The van der Waals surface area contributed by atoms with Crippen LogP contribution in [0.25, 0.3) is 21.8 Å². The van der Waals surface area contributed by atoms with Crippen molar-refractivity contribution in [3.8, 4) is 5.75 Å². The SMILES string of the molecule is CCN(CC)CCn1c2cc(Cl)ccc2c(=O)c2ccc(OCCCNC(C)(C)C)cc21. The number of rotatable bonds is 10. The van der Waals surface area contributed by atoms with Crippen molar-refractivity contribution in [3.63, 3.8) is 0 Å². The molecule has 32 heavy (non-hydrogen) atoms. The monoisotopic (exact) mass is 457 g/mol. The second-order valence-corrected chi connectivity index (χ2v) is 9.66. The van der Waals surface area contributed by atoms with E-state index in [-0.39, 0.29) is 11.0 Å². The predicted molar refractivity (Wildman–Crippen MR) is 136 cm³/mol. The van der Waals surface area contributed by atoms with E-state index < -0.39 is 0 Å². The third kappa shape index (κ3) is 6.03. The number of nitrogens with one attached hydrogen (secondary N) is 1. The number of likely N-dealkylation sites (N-methyl/N-ethyl adjacent to an activating group) is 1. The zero-order valence-corrected chi connectivity index (χ0v) is 20.8. The number of hydrogen-bond donors (Lipinski definition) is 1. The Morgan fingerprint density at radius 1 is 1.03 bits per heavy atom. The van der Waals surface area contributed by atoms with Gasteiger partial charge in [-0.25, -0.2) is 0 Å². The first-order valence-corrected chi connectivity index (χ1v) is 12.0. The molecule has 1 aromatic heterocycles. The largest absolute Gasteiger partial charge is 0.493 e. The van der Waals surface area contributed by atoms with Crippen molar-refractivity contribution in [2.75, 3.05) is 32.8 Å². The van der Waals surface area contributed by atoms with Gasteiger partial charge < -0.3 is 19.5 Å². The van der Waals surface area contributed by atoms with Crippen LogP contribution >= 0.6 is 11.6 Å². The van der Waals surface area contributed by atoms with Crippen LogP contribution in [0.3, 0.4) is 0 Å². The minimum absolute atomic E-state index is 0.0340. The lowest BCUT2D eigenvalue weighted by molar-refractivity contribution is 0.292. The van der Waals surface area contributed by atoms with E-state index in [1.54, 1.807) is 6.07 Å². The Labute approximate surface area is 196 Å². The molecule has 0 saturated heterocycles. The summed E-state index contributed by atoms with van der Waals surface area (Å²) in [7, 11) is 0. The number of ether oxygens (including phenoxy) is 1. The molecule has 174 valence electrons. The highest BCUT2D eigenvalue weighted by atomic mass is 35.5. The summed E-state index contributed by atoms with van der Waals surface area (Å²) in [5.41, 5.74) is 1.90. The highest BCUT2D eigenvalue weighted by Crippen LogP contribution is 2.25. The van der Waals surface area contributed by atoms with Gasteiger partial charge in [0.2, 0.25) is 0 Å². The fourth-order valence-electron chi connectivity index (χ4n) is 3.96. The van der Waals surface area contributed by atoms with Gasteiger partial charge in [0.1, 0.15) is 5.75 Å². The second kappa shape index (κ2) is 10.7. The van der Waals surface area contributed by atoms with Gasteiger partial charge in [0.25, 0.3) is 0 Å². The minimum atomic E-state index is 0.0340. The average Bonchev–Trinajstić information content (AvgIpc) is 2.75. The molecule has 3 aromatic rings. The van der Waals surface area contributed by atoms with Crippen LogP contribution in [0.1, 0.15) is 41.0 Å². The van der Waals surface area contributed by atoms with Crippen molar-refractivity contribution < 1.29 is 4.74 Å². The highest BCUT2D eigenvalue weighted by Gasteiger charge is 2.14. The Kier molecular flexibility index (Phi) is 8.21. The number of aromatic nitrogens is 1. The summed E-state index contributed by atoms with van der Waals surface area (Å²) in [5.74, 6) is 0.783. The van der Waals surface area contributed by atoms with Crippen molar-refractivity contribution in [2.24, 2.45) is 0 Å². The third-order valence-corrected chi connectivity index (χ3v) is 6.01. The molecule has 0 unspecified atom stereocenters. The Morgan fingerprint density at radius 2 is 1.69 bits per heavy atom. The Hall–Kier alpha value is -2.08. The molecule has 0 radical (unpaired) electrons. The lowest BCUT2D eigenvalue weighted by atomic mass is 10.1. The van der Waals surface area contributed by atoms with E-state index >= 15 is 0 Å². The molecule has 0 fully saturated rings. The molecule has 0 bridgehead atoms. The number of pyridine rings is 1. The van der Waals surface area contributed by atoms with Gasteiger partial charge in [-0.05, 0) is 77.2 Å². The minimum Gasteiger partial charge on any atom is -0.493 e. The maximum atomic E-state index is 13.2. The van der Waals surface area contributed by atoms with Crippen LogP contribution in [-0.4, -0.2) is 47.8 Å². The molecule has 0 atom stereocenters. The van der Waals surface area contributed by atoms with Crippen molar-refractivity contribution in [2.45, 2.75) is 53.1 Å². The summed E-state index contributed by atoms with van der Waals surface area (Å²) in [4.78, 5) is 15.6. The molecule has 0 aliphatic carbocycles. The summed E-state index contributed by atoms with van der Waals surface area (Å²) < 4.78 is 8.25. The summed E-state index contributed by atoms with van der Waals surface area (Å²) in [6.45, 7) is 16.0. The predicted octanol–water partition coefficient (Wildman–Crippen LogP) is 5.31. The van der Waals surface area contributed by atoms with Gasteiger partial charge in [-0.15, -0.1) is 0 Å². The Morgan fingerprint density at radius 3 is 2.34 bits per heavy atom. The molecular weight excluding hydrogens is 422 g/mol. The molecule has 2 aromatic carbocycles. The summed E-state index contributed by atoms with van der Waals surface area (Å²) in [6, 6.07) is 11.3. The summed E-state index contributed by atoms with van der Waals surface area (Å²) in [6.07, 6.45) is 0.914. The first kappa shape index (κ1) is 24.6. The number of nitrogens with zero attached hydrogens (tertiary/aromatic N) is 2. The van der Waals surface area contributed by atoms with E-state index in [0.717, 1.165) is 55.9 Å². The fraction of sp³-hybridized carbons (Fsp3) is 0.500. The van der Waals surface area contributed by atoms with Crippen LogP contribution in [0.2, 0.25) is 5.02 Å². The number of fused-ring (bicyclic) bond motifs is 2. The maximum absolute atomic E-state index is 13.2. The topological polar surface area (TPSA) is 46.5 Å². The normalized spacial score (nSPS) is 12.2. The molecular formula is C26H36ClN3O2. The molecule has 0 aliphatic heterocycles. The average molecular weight is 458 g/mol. The summed E-state index contributed by atoms with van der Waals surface area (Å²) in [5, 5.41) is 5.51. The Balaban J connectivity index is 1.95. The second-order valence-electron chi connectivity index (χ2n) is 9.23. The lowest BCUT2D eigenvalue weighted by Gasteiger charge is -2.22. The first-order valence-electron chi connectivity index (χ1n) is 11.6. The van der Waals surface area contributed by atoms with Crippen LogP contribution in [-0.2, 0) is 6.54 Å². The molecule has 3 rings (SSSR count). The Bertz CT molecular complexity index is 1110. The van der Waals surface area contributed by atoms with Gasteiger partial charge in [0.15, 0.2) is 5.43 Å². The van der Waals surface area contributed by atoms with Gasteiger partial charge in [-0.1, -0.05) is 25.4 Å². The zero-order chi connectivity index (χ0) is 23.3. The van der Waals surface area contributed by atoms with Crippen LogP contribution in [0.15, 0.2) is 41.2 Å². The zero-order valence-electron chi connectivity index (χ0n) is 20.0. The van der Waals surface area contributed by atoms with Crippen LogP contribution in [0.4, 0.5) is 0 Å². The molecule has 6 heteroatoms. The van der Waals surface area contributed by atoms with Gasteiger partial charge in [-0.2, -0.15) is 0 Å². The third-order valence-electron chi connectivity index (χ3n) is 5.78. The van der Waals surface area contributed by atoms with E-state index in [1.165, 1.54) is 0 Å². The number of halogens is 1. The molecule has 0 spiro atoms.